The van der Waals surface area contributed by atoms with Crippen molar-refractivity contribution in [2.24, 2.45) is 0 Å². The molecule has 1 fully saturated rings. The Bertz CT molecular complexity index is 268. The summed E-state index contributed by atoms with van der Waals surface area (Å²) in [5.41, 5.74) is 0. The quantitative estimate of drug-likeness (QED) is 0.672. The van der Waals surface area contributed by atoms with E-state index in [-0.39, 0.29) is 17.9 Å². The first-order valence-corrected chi connectivity index (χ1v) is 6.42. The van der Waals surface area contributed by atoms with Gasteiger partial charge in [0, 0.05) is 26.6 Å². The van der Waals surface area contributed by atoms with Crippen LogP contribution in [0, 0.1) is 0 Å². The molecule has 1 aliphatic rings. The Balaban J connectivity index is 2.52. The van der Waals surface area contributed by atoms with E-state index >= 15 is 0 Å². The van der Waals surface area contributed by atoms with E-state index in [9.17, 15) is 9.59 Å². The molecule has 0 aliphatic carbocycles. The summed E-state index contributed by atoms with van der Waals surface area (Å²) < 4.78 is 0. The third-order valence-corrected chi connectivity index (χ3v) is 3.14. The van der Waals surface area contributed by atoms with E-state index in [2.05, 4.69) is 10.6 Å². The molecule has 1 saturated heterocycles. The van der Waals surface area contributed by atoms with E-state index < -0.39 is 0 Å². The Morgan fingerprint density at radius 3 is 2.76 bits per heavy atom. The number of likely N-dealkylation sites (N-methyl/N-ethyl adjacent to an activating group) is 1. The van der Waals surface area contributed by atoms with Gasteiger partial charge in [0.2, 0.25) is 11.8 Å². The number of hydrogen-bond donors (Lipinski definition) is 2. The van der Waals surface area contributed by atoms with E-state index in [4.69, 9.17) is 0 Å². The minimum atomic E-state index is -0.261. The molecule has 2 N–H and O–H groups in total. The summed E-state index contributed by atoms with van der Waals surface area (Å²) in [7, 11) is 1.62. The van der Waals surface area contributed by atoms with Crippen molar-refractivity contribution in [3.8, 4) is 0 Å². The van der Waals surface area contributed by atoms with Gasteiger partial charge in [0.15, 0.2) is 0 Å². The highest BCUT2D eigenvalue weighted by atomic mass is 16.2. The van der Waals surface area contributed by atoms with Gasteiger partial charge in [-0.2, -0.15) is 0 Å². The first kappa shape index (κ1) is 14.0. The lowest BCUT2D eigenvalue weighted by Gasteiger charge is -2.34. The minimum Gasteiger partial charge on any atom is -0.357 e. The van der Waals surface area contributed by atoms with Crippen LogP contribution < -0.4 is 10.6 Å². The number of carbonyl (C=O) groups excluding carboxylic acids is 2. The Morgan fingerprint density at radius 1 is 1.35 bits per heavy atom. The molecule has 0 aromatic heterocycles. The summed E-state index contributed by atoms with van der Waals surface area (Å²) in [6.07, 6.45) is 3.28. The molecule has 0 aromatic carbocycles. The molecule has 1 rings (SSSR count). The van der Waals surface area contributed by atoms with Crippen LogP contribution in [-0.4, -0.2) is 49.4 Å². The molecule has 2 amide bonds. The average Bonchev–Trinajstić information content (AvgIpc) is 2.38. The highest BCUT2D eigenvalue weighted by Crippen LogP contribution is 2.17. The molecule has 0 saturated carbocycles. The molecule has 5 heteroatoms. The van der Waals surface area contributed by atoms with Crippen LogP contribution in [0.4, 0.5) is 0 Å². The van der Waals surface area contributed by atoms with Crippen molar-refractivity contribution in [1.29, 1.82) is 0 Å². The SMILES string of the molecule is CCNCCC(=O)N1CCCCC1C(=O)NC. The minimum absolute atomic E-state index is 0.0403. The second-order valence-corrected chi connectivity index (χ2v) is 4.32. The van der Waals surface area contributed by atoms with Crippen molar-refractivity contribution >= 4 is 11.8 Å². The standard InChI is InChI=1S/C12H23N3O2/c1-3-14-8-7-11(16)15-9-5-4-6-10(15)12(17)13-2/h10,14H,3-9H2,1-2H3,(H,13,17). The fraction of sp³-hybridized carbons (Fsp3) is 0.833. The molecule has 1 heterocycles. The number of carbonyl (C=O) groups is 2. The van der Waals surface area contributed by atoms with E-state index in [0.29, 0.717) is 19.5 Å². The van der Waals surface area contributed by atoms with Gasteiger partial charge in [-0.15, -0.1) is 0 Å². The number of piperidine rings is 1. The van der Waals surface area contributed by atoms with E-state index in [0.717, 1.165) is 25.8 Å². The molecule has 1 unspecified atom stereocenters. The van der Waals surface area contributed by atoms with Crippen LogP contribution in [0.1, 0.15) is 32.6 Å². The molecular formula is C12H23N3O2. The molecule has 1 atom stereocenters. The summed E-state index contributed by atoms with van der Waals surface area (Å²) in [5.74, 6) is 0.0424. The van der Waals surface area contributed by atoms with Gasteiger partial charge in [0.05, 0.1) is 0 Å². The Morgan fingerprint density at radius 2 is 2.12 bits per heavy atom. The second kappa shape index (κ2) is 7.27. The molecule has 1 aliphatic heterocycles. The van der Waals surface area contributed by atoms with E-state index in [1.54, 1.807) is 11.9 Å². The van der Waals surface area contributed by atoms with Gasteiger partial charge in [0.1, 0.15) is 6.04 Å². The zero-order valence-electron chi connectivity index (χ0n) is 10.8. The highest BCUT2D eigenvalue weighted by molar-refractivity contribution is 5.87. The van der Waals surface area contributed by atoms with Gasteiger partial charge >= 0.3 is 0 Å². The maximum absolute atomic E-state index is 12.0. The first-order chi connectivity index (χ1) is 8.20. The molecular weight excluding hydrogens is 218 g/mol. The Hall–Kier alpha value is -1.10. The van der Waals surface area contributed by atoms with Gasteiger partial charge < -0.3 is 15.5 Å². The number of hydrogen-bond acceptors (Lipinski definition) is 3. The Kier molecular flexibility index (Phi) is 5.97. The number of rotatable bonds is 5. The molecule has 0 bridgehead atoms. The van der Waals surface area contributed by atoms with Crippen molar-refractivity contribution in [2.45, 2.75) is 38.6 Å². The third kappa shape index (κ3) is 4.00. The monoisotopic (exact) mass is 241 g/mol. The lowest BCUT2D eigenvalue weighted by Crippen LogP contribution is -2.51. The van der Waals surface area contributed by atoms with Crippen LogP contribution in [0.2, 0.25) is 0 Å². The van der Waals surface area contributed by atoms with Gasteiger partial charge in [-0.05, 0) is 25.8 Å². The van der Waals surface area contributed by atoms with Crippen LogP contribution in [0.3, 0.4) is 0 Å². The van der Waals surface area contributed by atoms with Gasteiger partial charge in [0.25, 0.3) is 0 Å². The van der Waals surface area contributed by atoms with Crippen molar-refractivity contribution in [1.82, 2.24) is 15.5 Å². The summed E-state index contributed by atoms with van der Waals surface area (Å²) in [4.78, 5) is 25.4. The van der Waals surface area contributed by atoms with Gasteiger partial charge in [-0.3, -0.25) is 9.59 Å². The second-order valence-electron chi connectivity index (χ2n) is 4.32. The lowest BCUT2D eigenvalue weighted by atomic mass is 10.0. The number of amides is 2. The maximum Gasteiger partial charge on any atom is 0.242 e. The predicted molar refractivity (Wildman–Crippen MR) is 66.6 cm³/mol. The Labute approximate surface area is 103 Å². The zero-order chi connectivity index (χ0) is 12.7. The van der Waals surface area contributed by atoms with E-state index in [1.807, 2.05) is 6.92 Å². The van der Waals surface area contributed by atoms with Crippen molar-refractivity contribution in [2.75, 3.05) is 26.7 Å². The van der Waals surface area contributed by atoms with Crippen LogP contribution in [0.5, 0.6) is 0 Å². The molecule has 17 heavy (non-hydrogen) atoms. The fourth-order valence-corrected chi connectivity index (χ4v) is 2.18. The molecule has 5 nitrogen and oxygen atoms in total. The normalized spacial score (nSPS) is 20.1. The maximum atomic E-state index is 12.0. The van der Waals surface area contributed by atoms with Gasteiger partial charge in [-0.1, -0.05) is 6.92 Å². The number of nitrogens with one attached hydrogen (secondary N) is 2. The summed E-state index contributed by atoms with van der Waals surface area (Å²) >= 11 is 0. The lowest BCUT2D eigenvalue weighted by molar-refractivity contribution is -0.142. The fourth-order valence-electron chi connectivity index (χ4n) is 2.18. The predicted octanol–water partition coefficient (Wildman–Crippen LogP) is 0.113. The molecule has 0 aromatic rings. The topological polar surface area (TPSA) is 61.4 Å². The molecule has 0 radical (unpaired) electrons. The van der Waals surface area contributed by atoms with Crippen LogP contribution in [0.25, 0.3) is 0 Å². The van der Waals surface area contributed by atoms with Crippen LogP contribution in [-0.2, 0) is 9.59 Å². The van der Waals surface area contributed by atoms with Crippen molar-refractivity contribution < 1.29 is 9.59 Å². The van der Waals surface area contributed by atoms with Gasteiger partial charge in [-0.25, -0.2) is 0 Å². The molecule has 98 valence electrons. The highest BCUT2D eigenvalue weighted by Gasteiger charge is 2.30. The summed E-state index contributed by atoms with van der Waals surface area (Å²) in [6.45, 7) is 4.28. The first-order valence-electron chi connectivity index (χ1n) is 6.42. The number of likely N-dealkylation sites (tertiary alicyclic amines) is 1. The number of nitrogens with zero attached hydrogens (tertiary/aromatic N) is 1. The third-order valence-electron chi connectivity index (χ3n) is 3.14. The van der Waals surface area contributed by atoms with Crippen molar-refractivity contribution in [3.05, 3.63) is 0 Å². The average molecular weight is 241 g/mol. The van der Waals surface area contributed by atoms with Crippen molar-refractivity contribution in [3.63, 3.8) is 0 Å². The zero-order valence-corrected chi connectivity index (χ0v) is 10.8. The summed E-state index contributed by atoms with van der Waals surface area (Å²) in [5, 5.41) is 5.77. The largest absolute Gasteiger partial charge is 0.357 e. The van der Waals surface area contributed by atoms with E-state index in [1.165, 1.54) is 0 Å². The van der Waals surface area contributed by atoms with Crippen LogP contribution in [0.15, 0.2) is 0 Å². The molecule has 0 spiro atoms. The summed E-state index contributed by atoms with van der Waals surface area (Å²) in [6, 6.07) is -0.261. The smallest absolute Gasteiger partial charge is 0.242 e. The van der Waals surface area contributed by atoms with Crippen LogP contribution >= 0.6 is 0 Å².